The molecule has 1 unspecified atom stereocenters. The van der Waals surface area contributed by atoms with Gasteiger partial charge in [-0.25, -0.2) is 13.1 Å². The summed E-state index contributed by atoms with van der Waals surface area (Å²) in [5.74, 6) is 1.23. The van der Waals surface area contributed by atoms with Crippen molar-refractivity contribution in [1.82, 2.24) is 24.7 Å². The molecule has 1 atom stereocenters. The predicted molar refractivity (Wildman–Crippen MR) is 130 cm³/mol. The van der Waals surface area contributed by atoms with Crippen LogP contribution in [0, 0.1) is 0 Å². The first-order valence-electron chi connectivity index (χ1n) is 9.66. The van der Waals surface area contributed by atoms with Gasteiger partial charge in [0.15, 0.2) is 5.96 Å². The molecule has 2 N–H and O–H groups in total. The first-order valence-corrected chi connectivity index (χ1v) is 11.5. The molecule has 8 nitrogen and oxygen atoms in total. The molecule has 1 saturated heterocycles. The van der Waals surface area contributed by atoms with Gasteiger partial charge in [0.2, 0.25) is 10.0 Å². The van der Waals surface area contributed by atoms with E-state index in [1.807, 2.05) is 24.9 Å². The van der Waals surface area contributed by atoms with Crippen molar-refractivity contribution in [2.24, 2.45) is 12.0 Å². The number of guanidine groups is 1. The fourth-order valence-corrected chi connectivity index (χ4v) is 4.68. The molecule has 0 bridgehead atoms. The van der Waals surface area contributed by atoms with Gasteiger partial charge < -0.3 is 10.2 Å². The highest BCUT2D eigenvalue weighted by Crippen LogP contribution is 2.26. The number of likely N-dealkylation sites (tertiary alicyclic amines) is 1. The molecule has 0 aliphatic carbocycles. The summed E-state index contributed by atoms with van der Waals surface area (Å²) in [4.78, 5) is 6.97. The third-order valence-electron chi connectivity index (χ3n) is 4.79. The van der Waals surface area contributed by atoms with Gasteiger partial charge in [-0.15, -0.1) is 24.0 Å². The van der Waals surface area contributed by atoms with Crippen LogP contribution in [0.4, 0.5) is 0 Å². The van der Waals surface area contributed by atoms with Crippen molar-refractivity contribution in [1.29, 1.82) is 0 Å². The molecule has 3 rings (SSSR count). The van der Waals surface area contributed by atoms with Crippen molar-refractivity contribution in [2.45, 2.75) is 24.2 Å². The molecule has 1 aliphatic rings. The Bertz CT molecular complexity index is 965. The summed E-state index contributed by atoms with van der Waals surface area (Å²) in [6.07, 6.45) is 5.02. The van der Waals surface area contributed by atoms with Gasteiger partial charge >= 0.3 is 0 Å². The van der Waals surface area contributed by atoms with Crippen LogP contribution in [0.1, 0.15) is 24.8 Å². The first kappa shape index (κ1) is 24.9. The van der Waals surface area contributed by atoms with E-state index in [2.05, 4.69) is 31.2 Å². The fourth-order valence-electron chi connectivity index (χ4n) is 3.36. The quantitative estimate of drug-likeness (QED) is 0.233. The number of halogens is 2. The van der Waals surface area contributed by atoms with E-state index in [0.29, 0.717) is 17.5 Å². The van der Waals surface area contributed by atoms with Gasteiger partial charge in [-0.1, -0.05) is 17.7 Å². The Morgan fingerprint density at radius 2 is 2.20 bits per heavy atom. The minimum atomic E-state index is -3.60. The normalized spacial score (nSPS) is 17.1. The van der Waals surface area contributed by atoms with Gasteiger partial charge in [0.05, 0.1) is 17.6 Å². The average molecular weight is 567 g/mol. The lowest BCUT2D eigenvalue weighted by molar-refractivity contribution is 0.486. The van der Waals surface area contributed by atoms with Crippen LogP contribution in [0.15, 0.2) is 46.5 Å². The van der Waals surface area contributed by atoms with E-state index in [1.54, 1.807) is 12.1 Å². The molecule has 30 heavy (non-hydrogen) atoms. The molecular formula is C19H28ClIN6O2S. The molecule has 0 radical (unpaired) electrons. The maximum atomic E-state index is 12.4. The smallest absolute Gasteiger partial charge is 0.240 e. The Morgan fingerprint density at radius 1 is 1.40 bits per heavy atom. The van der Waals surface area contributed by atoms with Crippen molar-refractivity contribution in [2.75, 3.05) is 32.7 Å². The lowest BCUT2D eigenvalue weighted by atomic mass is 10.0. The molecule has 2 aromatic rings. The maximum absolute atomic E-state index is 12.4. The minimum absolute atomic E-state index is 0. The van der Waals surface area contributed by atoms with Gasteiger partial charge in [0.1, 0.15) is 0 Å². The molecule has 1 aromatic heterocycles. The highest BCUT2D eigenvalue weighted by molar-refractivity contribution is 14.0. The third-order valence-corrected chi connectivity index (χ3v) is 6.48. The van der Waals surface area contributed by atoms with E-state index in [9.17, 15) is 8.42 Å². The molecule has 1 aromatic carbocycles. The number of benzene rings is 1. The van der Waals surface area contributed by atoms with Crippen LogP contribution in [0.3, 0.4) is 0 Å². The largest absolute Gasteiger partial charge is 0.357 e. The zero-order chi connectivity index (χ0) is 20.9. The Labute approximate surface area is 200 Å². The summed E-state index contributed by atoms with van der Waals surface area (Å²) < 4.78 is 29.1. The summed E-state index contributed by atoms with van der Waals surface area (Å²) in [5, 5.41) is 7.95. The van der Waals surface area contributed by atoms with Crippen LogP contribution in [0.5, 0.6) is 0 Å². The Kier molecular flexibility index (Phi) is 9.38. The number of sulfonamides is 1. The van der Waals surface area contributed by atoms with Crippen LogP contribution < -0.4 is 10.0 Å². The van der Waals surface area contributed by atoms with Gasteiger partial charge in [-0.2, -0.15) is 5.10 Å². The van der Waals surface area contributed by atoms with E-state index < -0.39 is 10.0 Å². The van der Waals surface area contributed by atoms with Gasteiger partial charge in [-0.05, 0) is 37.1 Å². The van der Waals surface area contributed by atoms with Crippen molar-refractivity contribution < 1.29 is 8.42 Å². The number of hydrogen-bond acceptors (Lipinski definition) is 4. The molecule has 11 heteroatoms. The van der Waals surface area contributed by atoms with Gasteiger partial charge in [0.25, 0.3) is 0 Å². The monoisotopic (exact) mass is 566 g/mol. The Balaban J connectivity index is 0.00000320. The lowest BCUT2D eigenvalue weighted by Gasteiger charge is -2.21. The molecule has 0 spiro atoms. The Hall–Kier alpha value is -1.37. The highest BCUT2D eigenvalue weighted by atomic mass is 127. The highest BCUT2D eigenvalue weighted by Gasteiger charge is 2.26. The van der Waals surface area contributed by atoms with Gasteiger partial charge in [-0.3, -0.25) is 9.67 Å². The maximum Gasteiger partial charge on any atom is 0.240 e. The van der Waals surface area contributed by atoms with Crippen molar-refractivity contribution in [3.8, 4) is 0 Å². The topological polar surface area (TPSA) is 91.6 Å². The molecule has 1 aliphatic heterocycles. The first-order chi connectivity index (χ1) is 13.9. The number of nitrogens with one attached hydrogen (secondary N) is 2. The second-order valence-corrected chi connectivity index (χ2v) is 9.17. The fraction of sp³-hybridized carbons (Fsp3) is 0.474. The second-order valence-electron chi connectivity index (χ2n) is 6.97. The SMILES string of the molecule is CCNC(=NCCNS(=O)(=O)c1cccc(Cl)c1)N1CCC(c2cnn(C)c2)C1.I. The minimum Gasteiger partial charge on any atom is -0.357 e. The van der Waals surface area contributed by atoms with E-state index >= 15 is 0 Å². The van der Waals surface area contributed by atoms with E-state index in [4.69, 9.17) is 11.6 Å². The number of aryl methyl sites for hydroxylation is 1. The summed E-state index contributed by atoms with van der Waals surface area (Å²) in [5.41, 5.74) is 1.24. The summed E-state index contributed by atoms with van der Waals surface area (Å²) in [6, 6.07) is 6.21. The van der Waals surface area contributed by atoms with Crippen molar-refractivity contribution in [3.05, 3.63) is 47.2 Å². The number of aliphatic imine (C=N–C) groups is 1. The van der Waals surface area contributed by atoms with Crippen LogP contribution in [0.25, 0.3) is 0 Å². The zero-order valence-corrected chi connectivity index (χ0v) is 21.0. The van der Waals surface area contributed by atoms with Crippen molar-refractivity contribution in [3.63, 3.8) is 0 Å². The van der Waals surface area contributed by atoms with Crippen LogP contribution in [-0.4, -0.2) is 61.8 Å². The molecule has 2 heterocycles. The number of rotatable bonds is 7. The number of aromatic nitrogens is 2. The van der Waals surface area contributed by atoms with Crippen molar-refractivity contribution >= 4 is 51.6 Å². The van der Waals surface area contributed by atoms with Gasteiger partial charge in [0, 0.05) is 50.4 Å². The average Bonchev–Trinajstić information content (AvgIpc) is 3.33. The number of hydrogen-bond donors (Lipinski definition) is 2. The third kappa shape index (κ3) is 6.56. The number of nitrogens with zero attached hydrogens (tertiary/aromatic N) is 4. The predicted octanol–water partition coefficient (Wildman–Crippen LogP) is 2.42. The van der Waals surface area contributed by atoms with E-state index in [0.717, 1.165) is 32.0 Å². The van der Waals surface area contributed by atoms with E-state index in [1.165, 1.54) is 17.7 Å². The standard InChI is InChI=1S/C19H27ClN6O2S.HI/c1-3-21-19(26-10-7-15(14-26)16-12-23-25(2)13-16)22-8-9-24-29(27,28)18-6-4-5-17(20)11-18;/h4-6,11-13,15,24H,3,7-10,14H2,1-2H3,(H,21,22);1H. The van der Waals surface area contributed by atoms with Crippen LogP contribution >= 0.6 is 35.6 Å². The van der Waals surface area contributed by atoms with Crippen LogP contribution in [0.2, 0.25) is 5.02 Å². The molecular weight excluding hydrogens is 539 g/mol. The zero-order valence-electron chi connectivity index (χ0n) is 17.1. The second kappa shape index (κ2) is 11.3. The summed E-state index contributed by atoms with van der Waals surface area (Å²) in [7, 11) is -1.68. The summed E-state index contributed by atoms with van der Waals surface area (Å²) in [6.45, 7) is 5.10. The molecule has 0 amide bonds. The molecule has 1 fully saturated rings. The van der Waals surface area contributed by atoms with Crippen LogP contribution in [-0.2, 0) is 17.1 Å². The summed E-state index contributed by atoms with van der Waals surface area (Å²) >= 11 is 5.89. The molecule has 166 valence electrons. The Morgan fingerprint density at radius 3 is 2.87 bits per heavy atom. The lowest BCUT2D eigenvalue weighted by Crippen LogP contribution is -2.40. The van der Waals surface area contributed by atoms with E-state index in [-0.39, 0.29) is 35.4 Å². The molecule has 0 saturated carbocycles.